The van der Waals surface area contributed by atoms with Gasteiger partial charge in [0.15, 0.2) is 17.2 Å². The molecule has 1 atom stereocenters. The SMILES string of the molecule is COCCCOc1cc2c(nc1OC)C(=O)C(=CN(C)C)[C@@H](C(C)(C)C)O2. The molecule has 1 aliphatic rings. The molecule has 0 spiro atoms. The minimum absolute atomic E-state index is 0.158. The average molecular weight is 378 g/mol. The first kappa shape index (κ1) is 21.0. The Morgan fingerprint density at radius 3 is 2.52 bits per heavy atom. The zero-order chi connectivity index (χ0) is 20.2. The molecule has 0 unspecified atom stereocenters. The number of carbonyl (C=O) groups excluding carboxylic acids is 1. The van der Waals surface area contributed by atoms with Gasteiger partial charge in [0, 0.05) is 51.9 Å². The second-order valence-electron chi connectivity index (χ2n) is 7.78. The van der Waals surface area contributed by atoms with E-state index in [0.29, 0.717) is 30.3 Å². The molecule has 7 heteroatoms. The van der Waals surface area contributed by atoms with Crippen molar-refractivity contribution < 1.29 is 23.7 Å². The Labute approximate surface area is 161 Å². The van der Waals surface area contributed by atoms with E-state index < -0.39 is 6.10 Å². The third-order valence-electron chi connectivity index (χ3n) is 4.05. The third kappa shape index (κ3) is 4.91. The van der Waals surface area contributed by atoms with Gasteiger partial charge in [-0.05, 0) is 0 Å². The highest BCUT2D eigenvalue weighted by Gasteiger charge is 2.41. The molecular weight excluding hydrogens is 348 g/mol. The van der Waals surface area contributed by atoms with E-state index in [1.807, 2.05) is 39.8 Å². The fraction of sp³-hybridized carbons (Fsp3) is 0.600. The van der Waals surface area contributed by atoms with Gasteiger partial charge in [-0.15, -0.1) is 0 Å². The Bertz CT molecular complexity index is 707. The molecule has 0 N–H and O–H groups in total. The van der Waals surface area contributed by atoms with Crippen LogP contribution in [0.15, 0.2) is 17.8 Å². The molecule has 7 nitrogen and oxygen atoms in total. The monoisotopic (exact) mass is 378 g/mol. The highest BCUT2D eigenvalue weighted by Crippen LogP contribution is 2.41. The Hall–Kier alpha value is -2.28. The van der Waals surface area contributed by atoms with Crippen LogP contribution in [0.3, 0.4) is 0 Å². The van der Waals surface area contributed by atoms with Crippen molar-refractivity contribution in [1.29, 1.82) is 0 Å². The van der Waals surface area contributed by atoms with Crippen LogP contribution < -0.4 is 14.2 Å². The van der Waals surface area contributed by atoms with Gasteiger partial charge in [-0.1, -0.05) is 20.8 Å². The molecule has 0 saturated heterocycles. The Morgan fingerprint density at radius 1 is 1.26 bits per heavy atom. The first-order valence-corrected chi connectivity index (χ1v) is 8.99. The van der Waals surface area contributed by atoms with E-state index in [4.69, 9.17) is 18.9 Å². The summed E-state index contributed by atoms with van der Waals surface area (Å²) in [7, 11) is 6.90. The number of nitrogens with zero attached hydrogens (tertiary/aromatic N) is 2. The summed E-state index contributed by atoms with van der Waals surface area (Å²) in [5.41, 5.74) is 0.544. The van der Waals surface area contributed by atoms with Gasteiger partial charge in [0.1, 0.15) is 6.10 Å². The lowest BCUT2D eigenvalue weighted by Gasteiger charge is -2.36. The van der Waals surface area contributed by atoms with E-state index >= 15 is 0 Å². The van der Waals surface area contributed by atoms with Crippen molar-refractivity contribution in [3.05, 3.63) is 23.5 Å². The zero-order valence-electron chi connectivity index (χ0n) is 17.3. The van der Waals surface area contributed by atoms with E-state index in [1.165, 1.54) is 7.11 Å². The van der Waals surface area contributed by atoms with Crippen molar-refractivity contribution in [2.45, 2.75) is 33.3 Å². The third-order valence-corrected chi connectivity index (χ3v) is 4.05. The standard InChI is InChI=1S/C20H30N2O5/c1-20(2,3)18-13(12-22(4)5)17(23)16-14(27-18)11-15(19(21-16)25-7)26-10-8-9-24-6/h11-12,18H,8-10H2,1-7H3/t18-/m0/s1. The van der Waals surface area contributed by atoms with Crippen molar-refractivity contribution in [1.82, 2.24) is 9.88 Å². The van der Waals surface area contributed by atoms with Crippen LogP contribution in [0.1, 0.15) is 37.7 Å². The summed E-state index contributed by atoms with van der Waals surface area (Å²) in [6, 6.07) is 1.69. The van der Waals surface area contributed by atoms with Crippen molar-refractivity contribution >= 4 is 5.78 Å². The molecule has 0 fully saturated rings. The largest absolute Gasteiger partial charge is 0.488 e. The molecule has 0 radical (unpaired) electrons. The van der Waals surface area contributed by atoms with E-state index in [2.05, 4.69) is 4.98 Å². The second-order valence-corrected chi connectivity index (χ2v) is 7.78. The van der Waals surface area contributed by atoms with Gasteiger partial charge < -0.3 is 23.8 Å². The van der Waals surface area contributed by atoms with Crippen LogP contribution in [0.25, 0.3) is 0 Å². The number of fused-ring (bicyclic) bond motifs is 1. The maximum Gasteiger partial charge on any atom is 0.257 e. The molecule has 0 amide bonds. The average Bonchev–Trinajstić information content (AvgIpc) is 2.59. The summed E-state index contributed by atoms with van der Waals surface area (Å²) in [5.74, 6) is 0.974. The van der Waals surface area contributed by atoms with Gasteiger partial charge in [-0.25, -0.2) is 4.98 Å². The lowest BCUT2D eigenvalue weighted by Crippen LogP contribution is -2.41. The van der Waals surface area contributed by atoms with Gasteiger partial charge in [-0.2, -0.15) is 0 Å². The Kier molecular flexibility index (Phi) is 6.70. The van der Waals surface area contributed by atoms with E-state index in [-0.39, 0.29) is 22.8 Å². The molecule has 27 heavy (non-hydrogen) atoms. The fourth-order valence-corrected chi connectivity index (χ4v) is 2.84. The number of aromatic nitrogens is 1. The maximum atomic E-state index is 13.1. The lowest BCUT2D eigenvalue weighted by molar-refractivity contribution is 0.0773. The number of methoxy groups -OCH3 is 2. The topological polar surface area (TPSA) is 70.1 Å². The van der Waals surface area contributed by atoms with Gasteiger partial charge in [0.2, 0.25) is 5.78 Å². The fourth-order valence-electron chi connectivity index (χ4n) is 2.84. The molecule has 1 aliphatic heterocycles. The summed E-state index contributed by atoms with van der Waals surface area (Å²) >= 11 is 0. The molecular formula is C20H30N2O5. The van der Waals surface area contributed by atoms with Crippen LogP contribution in [0, 0.1) is 5.41 Å². The van der Waals surface area contributed by atoms with E-state index in [0.717, 1.165) is 6.42 Å². The number of pyridine rings is 1. The number of rotatable bonds is 7. The molecule has 0 aliphatic carbocycles. The minimum Gasteiger partial charge on any atom is -0.488 e. The van der Waals surface area contributed by atoms with Gasteiger partial charge in [-0.3, -0.25) is 4.79 Å². The first-order chi connectivity index (χ1) is 12.7. The van der Waals surface area contributed by atoms with Crippen LogP contribution >= 0.6 is 0 Å². The predicted molar refractivity (Wildman–Crippen MR) is 103 cm³/mol. The molecule has 1 aromatic heterocycles. The van der Waals surface area contributed by atoms with Crippen LogP contribution in [0.5, 0.6) is 17.4 Å². The minimum atomic E-state index is -0.392. The summed E-state index contributed by atoms with van der Waals surface area (Å²) < 4.78 is 22.3. The normalized spacial score (nSPS) is 18.1. The Balaban J connectivity index is 2.43. The van der Waals surface area contributed by atoms with E-state index in [1.54, 1.807) is 19.4 Å². The Morgan fingerprint density at radius 2 is 1.96 bits per heavy atom. The highest BCUT2D eigenvalue weighted by atomic mass is 16.5. The molecule has 0 aromatic carbocycles. The van der Waals surface area contributed by atoms with Crippen molar-refractivity contribution in [3.63, 3.8) is 0 Å². The molecule has 150 valence electrons. The van der Waals surface area contributed by atoms with Crippen LogP contribution in [-0.4, -0.2) is 63.3 Å². The van der Waals surface area contributed by atoms with Crippen molar-refractivity contribution in [3.8, 4) is 17.4 Å². The molecule has 2 heterocycles. The maximum absolute atomic E-state index is 13.1. The quantitative estimate of drug-likeness (QED) is 0.534. The molecule has 2 rings (SSSR count). The number of hydrogen-bond acceptors (Lipinski definition) is 7. The van der Waals surface area contributed by atoms with E-state index in [9.17, 15) is 4.79 Å². The summed E-state index contributed by atoms with van der Waals surface area (Å²) in [5, 5.41) is 0. The van der Waals surface area contributed by atoms with Gasteiger partial charge in [0.25, 0.3) is 5.88 Å². The molecule has 0 saturated carbocycles. The summed E-state index contributed by atoms with van der Waals surface area (Å²) in [4.78, 5) is 19.3. The second kappa shape index (κ2) is 8.61. The van der Waals surface area contributed by atoms with Crippen LogP contribution in [0.4, 0.5) is 0 Å². The summed E-state index contributed by atoms with van der Waals surface area (Å²) in [6.45, 7) is 7.17. The van der Waals surface area contributed by atoms with Gasteiger partial charge in [0.05, 0.1) is 19.3 Å². The molecule has 0 bridgehead atoms. The number of Topliss-reactive ketones (excluding diaryl/α,β-unsaturated/α-hetero) is 1. The van der Waals surface area contributed by atoms with Crippen LogP contribution in [0.2, 0.25) is 0 Å². The van der Waals surface area contributed by atoms with Gasteiger partial charge >= 0.3 is 0 Å². The first-order valence-electron chi connectivity index (χ1n) is 8.99. The number of ether oxygens (including phenoxy) is 4. The number of ketones is 1. The predicted octanol–water partition coefficient (Wildman–Crippen LogP) is 2.94. The highest BCUT2D eigenvalue weighted by molar-refractivity contribution is 6.11. The smallest absolute Gasteiger partial charge is 0.257 e. The van der Waals surface area contributed by atoms with Crippen LogP contribution in [-0.2, 0) is 4.74 Å². The van der Waals surface area contributed by atoms with Crippen molar-refractivity contribution in [2.24, 2.45) is 5.41 Å². The summed E-state index contributed by atoms with van der Waals surface area (Å²) in [6.07, 6.45) is 2.14. The number of hydrogen-bond donors (Lipinski definition) is 0. The van der Waals surface area contributed by atoms with Crippen molar-refractivity contribution in [2.75, 3.05) is 41.5 Å². The number of carbonyl (C=O) groups is 1. The zero-order valence-corrected chi connectivity index (χ0v) is 17.3. The molecule has 1 aromatic rings. The lowest BCUT2D eigenvalue weighted by atomic mass is 9.81.